The van der Waals surface area contributed by atoms with Gasteiger partial charge in [-0.2, -0.15) is 0 Å². The molecule has 2 atom stereocenters. The van der Waals surface area contributed by atoms with Gasteiger partial charge >= 0.3 is 5.97 Å². The molecular formula is C8H14O3. The Kier molecular flexibility index (Phi) is 2.88. The largest absolute Gasteiger partial charge is 0.467 e. The molecule has 1 fully saturated rings. The molecule has 0 aromatic rings. The summed E-state index contributed by atoms with van der Waals surface area (Å²) in [5, 5.41) is 0. The van der Waals surface area contributed by atoms with Crippen LogP contribution in [-0.4, -0.2) is 25.3 Å². The number of rotatable bonds is 4. The minimum absolute atomic E-state index is 0.141. The zero-order valence-electron chi connectivity index (χ0n) is 7.00. The Bertz CT molecular complexity index is 144. The molecule has 0 N–H and O–H groups in total. The van der Waals surface area contributed by atoms with E-state index in [4.69, 9.17) is 4.74 Å². The first-order valence-electron chi connectivity index (χ1n) is 4.03. The van der Waals surface area contributed by atoms with E-state index in [1.165, 1.54) is 7.11 Å². The fourth-order valence-electron chi connectivity index (χ4n) is 1.09. The molecule has 3 nitrogen and oxygen atoms in total. The maximum atomic E-state index is 10.8. The Morgan fingerprint density at radius 2 is 2.36 bits per heavy atom. The first-order chi connectivity index (χ1) is 5.29. The van der Waals surface area contributed by atoms with Crippen LogP contribution >= 0.6 is 0 Å². The molecule has 0 radical (unpaired) electrons. The predicted octanol–water partition coefficient (Wildman–Crippen LogP) is 1.12. The van der Waals surface area contributed by atoms with Gasteiger partial charge in [0.15, 0.2) is 6.10 Å². The molecule has 0 spiro atoms. The number of esters is 1. The molecule has 1 aliphatic heterocycles. The Labute approximate surface area is 66.7 Å². The average Bonchev–Trinajstić information content (AvgIpc) is 2.78. The van der Waals surface area contributed by atoms with Crippen LogP contribution < -0.4 is 0 Å². The van der Waals surface area contributed by atoms with Gasteiger partial charge in [-0.1, -0.05) is 19.8 Å². The van der Waals surface area contributed by atoms with E-state index in [1.54, 1.807) is 0 Å². The van der Waals surface area contributed by atoms with E-state index in [1.807, 2.05) is 0 Å². The summed E-state index contributed by atoms with van der Waals surface area (Å²) in [7, 11) is 1.39. The molecule has 1 aliphatic rings. The predicted molar refractivity (Wildman–Crippen MR) is 40.2 cm³/mol. The molecule has 0 amide bonds. The number of carbonyl (C=O) groups excluding carboxylic acids is 1. The second-order valence-corrected chi connectivity index (χ2v) is 2.76. The molecule has 0 saturated carbocycles. The van der Waals surface area contributed by atoms with Crippen LogP contribution in [0.3, 0.4) is 0 Å². The summed E-state index contributed by atoms with van der Waals surface area (Å²) in [6, 6.07) is 0. The van der Waals surface area contributed by atoms with Crippen LogP contribution in [0.25, 0.3) is 0 Å². The normalized spacial score (nSPS) is 28.2. The molecule has 0 aromatic heterocycles. The molecule has 11 heavy (non-hydrogen) atoms. The molecule has 0 bridgehead atoms. The maximum absolute atomic E-state index is 10.8. The highest BCUT2D eigenvalue weighted by Crippen LogP contribution is 2.27. The third kappa shape index (κ3) is 2.19. The van der Waals surface area contributed by atoms with E-state index in [9.17, 15) is 4.79 Å². The van der Waals surface area contributed by atoms with Crippen LogP contribution in [0.15, 0.2) is 0 Å². The van der Waals surface area contributed by atoms with Gasteiger partial charge < -0.3 is 9.47 Å². The van der Waals surface area contributed by atoms with Crippen LogP contribution in [-0.2, 0) is 14.3 Å². The zero-order valence-corrected chi connectivity index (χ0v) is 7.00. The summed E-state index contributed by atoms with van der Waals surface area (Å²) >= 11 is 0. The summed E-state index contributed by atoms with van der Waals surface area (Å²) in [5.41, 5.74) is 0. The SMILES string of the molecule is CCCC[C@@H]1O[C@H]1C(=O)OC. The Morgan fingerprint density at radius 3 is 2.91 bits per heavy atom. The highest BCUT2D eigenvalue weighted by atomic mass is 16.6. The van der Waals surface area contributed by atoms with E-state index in [2.05, 4.69) is 11.7 Å². The summed E-state index contributed by atoms with van der Waals surface area (Å²) in [5.74, 6) is -0.230. The third-order valence-electron chi connectivity index (χ3n) is 1.86. The number of epoxide rings is 1. The van der Waals surface area contributed by atoms with Crippen molar-refractivity contribution in [2.45, 2.75) is 38.4 Å². The van der Waals surface area contributed by atoms with Crippen molar-refractivity contribution in [2.75, 3.05) is 7.11 Å². The van der Waals surface area contributed by atoms with E-state index in [-0.39, 0.29) is 18.2 Å². The van der Waals surface area contributed by atoms with Crippen molar-refractivity contribution in [1.29, 1.82) is 0 Å². The van der Waals surface area contributed by atoms with Gasteiger partial charge in [0.2, 0.25) is 0 Å². The summed E-state index contributed by atoms with van der Waals surface area (Å²) in [4.78, 5) is 10.8. The van der Waals surface area contributed by atoms with Crippen LogP contribution in [0.2, 0.25) is 0 Å². The number of methoxy groups -OCH3 is 1. The lowest BCUT2D eigenvalue weighted by atomic mass is 10.2. The number of carbonyl (C=O) groups is 1. The maximum Gasteiger partial charge on any atom is 0.337 e. The summed E-state index contributed by atoms with van der Waals surface area (Å²) in [6.45, 7) is 2.12. The Balaban J connectivity index is 2.11. The smallest absolute Gasteiger partial charge is 0.337 e. The number of hydrogen-bond acceptors (Lipinski definition) is 3. The molecule has 0 aliphatic carbocycles. The third-order valence-corrected chi connectivity index (χ3v) is 1.86. The highest BCUT2D eigenvalue weighted by molar-refractivity contribution is 5.77. The van der Waals surface area contributed by atoms with E-state index >= 15 is 0 Å². The molecule has 1 saturated heterocycles. The minimum atomic E-state index is -0.258. The lowest BCUT2D eigenvalue weighted by molar-refractivity contribution is -0.142. The monoisotopic (exact) mass is 158 g/mol. The summed E-state index contributed by atoms with van der Waals surface area (Å²) in [6.07, 6.45) is 3.14. The molecule has 0 unspecified atom stereocenters. The first-order valence-corrected chi connectivity index (χ1v) is 4.03. The molecule has 0 aromatic carbocycles. The average molecular weight is 158 g/mol. The molecule has 1 heterocycles. The Hall–Kier alpha value is -0.570. The number of ether oxygens (including phenoxy) is 2. The van der Waals surface area contributed by atoms with E-state index in [0.717, 1.165) is 19.3 Å². The fraction of sp³-hybridized carbons (Fsp3) is 0.875. The van der Waals surface area contributed by atoms with Crippen molar-refractivity contribution >= 4 is 5.97 Å². The van der Waals surface area contributed by atoms with Gasteiger partial charge in [0.1, 0.15) is 0 Å². The topological polar surface area (TPSA) is 38.8 Å². The molecule has 64 valence electrons. The van der Waals surface area contributed by atoms with Crippen molar-refractivity contribution in [3.63, 3.8) is 0 Å². The van der Waals surface area contributed by atoms with Gasteiger partial charge in [0.25, 0.3) is 0 Å². The second-order valence-electron chi connectivity index (χ2n) is 2.76. The number of unbranched alkanes of at least 4 members (excludes halogenated alkanes) is 1. The van der Waals surface area contributed by atoms with Crippen LogP contribution in [0.4, 0.5) is 0 Å². The van der Waals surface area contributed by atoms with Crippen molar-refractivity contribution in [3.05, 3.63) is 0 Å². The van der Waals surface area contributed by atoms with Gasteiger partial charge in [-0.15, -0.1) is 0 Å². The lowest BCUT2D eigenvalue weighted by Gasteiger charge is -1.92. The molecular weight excluding hydrogens is 144 g/mol. The highest BCUT2D eigenvalue weighted by Gasteiger charge is 2.45. The zero-order chi connectivity index (χ0) is 8.27. The van der Waals surface area contributed by atoms with Crippen molar-refractivity contribution in [2.24, 2.45) is 0 Å². The van der Waals surface area contributed by atoms with Crippen LogP contribution in [0.5, 0.6) is 0 Å². The van der Waals surface area contributed by atoms with Crippen molar-refractivity contribution < 1.29 is 14.3 Å². The van der Waals surface area contributed by atoms with Crippen LogP contribution in [0.1, 0.15) is 26.2 Å². The van der Waals surface area contributed by atoms with E-state index in [0.29, 0.717) is 0 Å². The fourth-order valence-corrected chi connectivity index (χ4v) is 1.09. The summed E-state index contributed by atoms with van der Waals surface area (Å²) < 4.78 is 9.62. The minimum Gasteiger partial charge on any atom is -0.467 e. The standard InChI is InChI=1S/C8H14O3/c1-3-4-5-6-7(11-6)8(9)10-2/h6-7H,3-5H2,1-2H3/t6-,7+/m0/s1. The lowest BCUT2D eigenvalue weighted by Crippen LogP contribution is -2.11. The molecule has 1 rings (SSSR count). The Morgan fingerprint density at radius 1 is 1.64 bits per heavy atom. The quantitative estimate of drug-likeness (QED) is 0.454. The number of hydrogen-bond donors (Lipinski definition) is 0. The van der Waals surface area contributed by atoms with Gasteiger partial charge in [-0.25, -0.2) is 4.79 Å². The second kappa shape index (κ2) is 3.72. The van der Waals surface area contributed by atoms with Gasteiger partial charge in [0, 0.05) is 0 Å². The van der Waals surface area contributed by atoms with Gasteiger partial charge in [0.05, 0.1) is 13.2 Å². The van der Waals surface area contributed by atoms with E-state index < -0.39 is 0 Å². The van der Waals surface area contributed by atoms with Gasteiger partial charge in [-0.05, 0) is 6.42 Å². The van der Waals surface area contributed by atoms with Crippen LogP contribution in [0, 0.1) is 0 Å². The first kappa shape index (κ1) is 8.53. The van der Waals surface area contributed by atoms with Crippen molar-refractivity contribution in [1.82, 2.24) is 0 Å². The molecule has 3 heteroatoms. The van der Waals surface area contributed by atoms with Crippen molar-refractivity contribution in [3.8, 4) is 0 Å². The van der Waals surface area contributed by atoms with Gasteiger partial charge in [-0.3, -0.25) is 0 Å².